The molecule has 0 radical (unpaired) electrons. The molecule has 0 unspecified atom stereocenters. The molecule has 25 heavy (non-hydrogen) atoms. The predicted octanol–water partition coefficient (Wildman–Crippen LogP) is 2.67. The molecule has 134 valence electrons. The van der Waals surface area contributed by atoms with Crippen molar-refractivity contribution in [2.24, 2.45) is 0 Å². The van der Waals surface area contributed by atoms with E-state index in [9.17, 15) is 21.6 Å². The molecule has 0 atom stereocenters. The third-order valence-electron chi connectivity index (χ3n) is 3.29. The molecule has 0 aliphatic carbocycles. The molecule has 1 N–H and O–H groups in total. The Morgan fingerprint density at radius 2 is 1.96 bits per heavy atom. The molecule has 0 saturated carbocycles. The summed E-state index contributed by atoms with van der Waals surface area (Å²) < 4.78 is 69.4. The molecule has 3 aromatic rings. The zero-order valence-electron chi connectivity index (χ0n) is 12.7. The third-order valence-corrected chi connectivity index (χ3v) is 5.41. The monoisotopic (exact) mass is 390 g/mol. The van der Waals surface area contributed by atoms with E-state index in [1.54, 1.807) is 0 Å². The van der Waals surface area contributed by atoms with E-state index in [1.165, 1.54) is 17.6 Å². The van der Waals surface area contributed by atoms with Crippen LogP contribution in [-0.2, 0) is 28.9 Å². The van der Waals surface area contributed by atoms with Crippen LogP contribution in [0.4, 0.5) is 13.2 Å². The van der Waals surface area contributed by atoms with Crippen molar-refractivity contribution in [3.05, 3.63) is 47.9 Å². The van der Waals surface area contributed by atoms with Crippen LogP contribution in [0.1, 0.15) is 11.4 Å². The summed E-state index contributed by atoms with van der Waals surface area (Å²) in [7, 11) is -3.75. The Morgan fingerprint density at radius 1 is 1.20 bits per heavy atom. The zero-order chi connectivity index (χ0) is 18.1. The van der Waals surface area contributed by atoms with Crippen molar-refractivity contribution in [3.63, 3.8) is 0 Å². The SMILES string of the molecule is O=S(=O)(Cc1ccn(CC(F)(F)F)n1)NCc1nsc2ccccc12. The van der Waals surface area contributed by atoms with Crippen molar-refractivity contribution >= 4 is 31.6 Å². The molecule has 11 heteroatoms. The average Bonchev–Trinajstić information content (AvgIpc) is 3.10. The lowest BCUT2D eigenvalue weighted by molar-refractivity contribution is -0.142. The fraction of sp³-hybridized carbons (Fsp3) is 0.286. The van der Waals surface area contributed by atoms with Crippen molar-refractivity contribution in [2.45, 2.75) is 25.0 Å². The standard InChI is InChI=1S/C14H13F3N4O2S2/c15-14(16,17)9-21-6-5-10(19-21)8-25(22,23)18-7-12-11-3-1-2-4-13(11)24-20-12/h1-6,18H,7-9H2. The van der Waals surface area contributed by atoms with Gasteiger partial charge < -0.3 is 0 Å². The highest BCUT2D eigenvalue weighted by Gasteiger charge is 2.28. The van der Waals surface area contributed by atoms with Gasteiger partial charge in [0.1, 0.15) is 12.3 Å². The highest BCUT2D eigenvalue weighted by atomic mass is 32.2. The third kappa shape index (κ3) is 4.77. The lowest BCUT2D eigenvalue weighted by Crippen LogP contribution is -2.25. The summed E-state index contributed by atoms with van der Waals surface area (Å²) in [5.41, 5.74) is 0.645. The number of nitrogens with zero attached hydrogens (tertiary/aromatic N) is 3. The van der Waals surface area contributed by atoms with E-state index >= 15 is 0 Å². The fourth-order valence-corrected chi connectivity index (χ4v) is 4.04. The Labute approximate surface area is 145 Å². The summed E-state index contributed by atoms with van der Waals surface area (Å²) in [4.78, 5) is 0. The maximum atomic E-state index is 12.3. The van der Waals surface area contributed by atoms with Crippen LogP contribution in [0.25, 0.3) is 10.1 Å². The van der Waals surface area contributed by atoms with Gasteiger partial charge in [-0.1, -0.05) is 18.2 Å². The quantitative estimate of drug-likeness (QED) is 0.702. The Kier molecular flexibility index (Phi) is 4.80. The number of halogens is 3. The summed E-state index contributed by atoms with van der Waals surface area (Å²) in [5, 5.41) is 4.51. The molecule has 1 aromatic carbocycles. The van der Waals surface area contributed by atoms with Crippen LogP contribution < -0.4 is 4.72 Å². The minimum atomic E-state index is -4.41. The van der Waals surface area contributed by atoms with Gasteiger partial charge in [0.15, 0.2) is 0 Å². The van der Waals surface area contributed by atoms with Gasteiger partial charge in [-0.05, 0) is 23.7 Å². The summed E-state index contributed by atoms with van der Waals surface area (Å²) in [6, 6.07) is 8.69. The van der Waals surface area contributed by atoms with Crippen molar-refractivity contribution in [2.75, 3.05) is 0 Å². The number of rotatable bonds is 6. The van der Waals surface area contributed by atoms with Crippen LogP contribution in [0, 0.1) is 0 Å². The summed E-state index contributed by atoms with van der Waals surface area (Å²) in [6.45, 7) is -1.25. The first-order valence-corrected chi connectivity index (χ1v) is 9.54. The molecule has 0 aliphatic heterocycles. The van der Waals surface area contributed by atoms with E-state index in [2.05, 4.69) is 14.2 Å². The van der Waals surface area contributed by atoms with Gasteiger partial charge in [-0.15, -0.1) is 0 Å². The van der Waals surface area contributed by atoms with Crippen LogP contribution in [0.2, 0.25) is 0 Å². The Balaban J connectivity index is 1.64. The van der Waals surface area contributed by atoms with E-state index in [1.807, 2.05) is 24.3 Å². The van der Waals surface area contributed by atoms with Gasteiger partial charge in [0.2, 0.25) is 10.0 Å². The summed E-state index contributed by atoms with van der Waals surface area (Å²) in [6.07, 6.45) is -3.31. The van der Waals surface area contributed by atoms with Gasteiger partial charge in [0.25, 0.3) is 0 Å². The molecule has 0 spiro atoms. The second-order valence-corrected chi connectivity index (χ2v) is 7.94. The van der Waals surface area contributed by atoms with Crippen molar-refractivity contribution in [3.8, 4) is 0 Å². The van der Waals surface area contributed by atoms with Crippen molar-refractivity contribution in [1.82, 2.24) is 18.9 Å². The van der Waals surface area contributed by atoms with Gasteiger partial charge in [0, 0.05) is 11.6 Å². The van der Waals surface area contributed by atoms with Crippen molar-refractivity contribution < 1.29 is 21.6 Å². The lowest BCUT2D eigenvalue weighted by Gasteiger charge is -2.06. The normalized spacial score (nSPS) is 12.8. The first-order chi connectivity index (χ1) is 11.7. The molecule has 2 heterocycles. The summed E-state index contributed by atoms with van der Waals surface area (Å²) in [5.74, 6) is -0.500. The number of sulfonamides is 1. The number of alkyl halides is 3. The second kappa shape index (κ2) is 6.73. The van der Waals surface area contributed by atoms with Gasteiger partial charge >= 0.3 is 6.18 Å². The Morgan fingerprint density at radius 3 is 2.72 bits per heavy atom. The average molecular weight is 390 g/mol. The van der Waals surface area contributed by atoms with Crippen LogP contribution >= 0.6 is 11.5 Å². The highest BCUT2D eigenvalue weighted by Crippen LogP contribution is 2.22. The zero-order valence-corrected chi connectivity index (χ0v) is 14.3. The number of hydrogen-bond acceptors (Lipinski definition) is 5. The van der Waals surface area contributed by atoms with Crippen molar-refractivity contribution in [1.29, 1.82) is 0 Å². The number of nitrogens with one attached hydrogen (secondary N) is 1. The number of fused-ring (bicyclic) bond motifs is 1. The Hall–Kier alpha value is -1.98. The predicted molar refractivity (Wildman–Crippen MR) is 87.4 cm³/mol. The highest BCUT2D eigenvalue weighted by molar-refractivity contribution is 7.88. The van der Waals surface area contributed by atoms with Gasteiger partial charge in [-0.3, -0.25) is 4.68 Å². The molecule has 2 aromatic heterocycles. The van der Waals surface area contributed by atoms with Crippen LogP contribution in [-0.4, -0.2) is 28.7 Å². The topological polar surface area (TPSA) is 76.9 Å². The van der Waals surface area contributed by atoms with Gasteiger partial charge in [-0.2, -0.15) is 22.6 Å². The molecule has 0 fully saturated rings. The molecular formula is C14H13F3N4O2S2. The van der Waals surface area contributed by atoms with Gasteiger partial charge in [0.05, 0.1) is 22.6 Å². The minimum absolute atomic E-state index is 0.00953. The maximum absolute atomic E-state index is 12.3. The summed E-state index contributed by atoms with van der Waals surface area (Å²) >= 11 is 1.27. The van der Waals surface area contributed by atoms with Crippen LogP contribution in [0.5, 0.6) is 0 Å². The second-order valence-electron chi connectivity index (χ2n) is 5.33. The van der Waals surface area contributed by atoms with E-state index in [4.69, 9.17) is 0 Å². The lowest BCUT2D eigenvalue weighted by atomic mass is 10.2. The molecular weight excluding hydrogens is 377 g/mol. The largest absolute Gasteiger partial charge is 0.408 e. The first kappa shape index (κ1) is 17.8. The molecule has 0 aliphatic rings. The van der Waals surface area contributed by atoms with E-state index in [0.29, 0.717) is 10.4 Å². The molecule has 3 rings (SSSR count). The van der Waals surface area contributed by atoms with E-state index in [-0.39, 0.29) is 12.2 Å². The van der Waals surface area contributed by atoms with E-state index in [0.717, 1.165) is 16.3 Å². The molecule has 6 nitrogen and oxygen atoms in total. The Bertz CT molecular complexity index is 979. The fourth-order valence-electron chi connectivity index (χ4n) is 2.24. The van der Waals surface area contributed by atoms with E-state index < -0.39 is 28.5 Å². The smallest absolute Gasteiger partial charge is 0.263 e. The molecule has 0 amide bonds. The van der Waals surface area contributed by atoms with Crippen LogP contribution in [0.3, 0.4) is 0 Å². The number of hydrogen-bond donors (Lipinski definition) is 1. The molecule has 0 saturated heterocycles. The minimum Gasteiger partial charge on any atom is -0.263 e. The number of benzene rings is 1. The molecule has 0 bridgehead atoms. The first-order valence-electron chi connectivity index (χ1n) is 7.11. The number of aromatic nitrogens is 3. The maximum Gasteiger partial charge on any atom is 0.408 e. The van der Waals surface area contributed by atoms with Gasteiger partial charge in [-0.25, -0.2) is 13.1 Å². The van der Waals surface area contributed by atoms with Crippen LogP contribution in [0.15, 0.2) is 36.5 Å².